The summed E-state index contributed by atoms with van der Waals surface area (Å²) in [6.45, 7) is 11.3. The van der Waals surface area contributed by atoms with Crippen LogP contribution in [-0.2, 0) is 116 Å². The second-order valence-electron chi connectivity index (χ2n) is 25.7. The fraction of sp³-hybridized carbons (Fsp3) is 0.521. The first-order valence-corrected chi connectivity index (χ1v) is 37.5. The van der Waals surface area contributed by atoms with Crippen LogP contribution >= 0.6 is 0 Å². The lowest BCUT2D eigenvalue weighted by molar-refractivity contribution is -0.121. The summed E-state index contributed by atoms with van der Waals surface area (Å²) < 4.78 is 64.8. The van der Waals surface area contributed by atoms with Crippen molar-refractivity contribution in [2.75, 3.05) is 197 Å². The molecule has 0 saturated heterocycles. The number of imidazole rings is 4. The number of rotatable bonds is 57. The number of amides is 11. The maximum atomic E-state index is 13.3. The summed E-state index contributed by atoms with van der Waals surface area (Å²) in [5.41, 5.74) is 1.51. The number of aromatic nitrogens is 11. The molecule has 11 amide bonds. The van der Waals surface area contributed by atoms with Crippen molar-refractivity contribution in [3.8, 4) is 0 Å². The number of aryl methyl sites for hydroxylation is 7. The van der Waals surface area contributed by atoms with Gasteiger partial charge >= 0.3 is 0 Å². The van der Waals surface area contributed by atoms with Gasteiger partial charge in [0.05, 0.1) is 143 Å². The van der Waals surface area contributed by atoms with Gasteiger partial charge in [0, 0.05) is 164 Å². The van der Waals surface area contributed by atoms with E-state index < -0.39 is 59.1 Å². The molecule has 0 aliphatic heterocycles. The van der Waals surface area contributed by atoms with Gasteiger partial charge in [0.25, 0.3) is 41.4 Å². The van der Waals surface area contributed by atoms with E-state index in [9.17, 15) is 52.7 Å². The smallest absolute Gasteiger partial charge is 0.291 e. The van der Waals surface area contributed by atoms with Crippen LogP contribution < -0.4 is 58.5 Å². The summed E-state index contributed by atoms with van der Waals surface area (Å²) in [6, 6.07) is 4.38. The number of hydrogen-bond acceptors (Lipinski definition) is 25. The highest BCUT2D eigenvalue weighted by molar-refractivity contribution is 6.06. The summed E-state index contributed by atoms with van der Waals surface area (Å²) >= 11 is 0. The third-order valence-corrected chi connectivity index (χ3v) is 16.5. The Balaban J connectivity index is 0.668. The highest BCUT2D eigenvalue weighted by Crippen LogP contribution is 2.20. The molecule has 0 aliphatic rings. The standard InChI is InChI=1S/C73H106N22O21/c1-9-107-23-24-109-27-28-111-31-32-113-35-36-115-39-40-116-38-37-114-34-33-112-30-29-110-26-25-108-22-20-74-59(96)12-16-78-71(104)65-87-58(49-94(65)7)88-69(102)55-41-50(44-92(55)5)80-61(98)13-18-79-70(103)64-85-56(47-93(64)6)83-60(97)11-10-15-76-67(100)53-43-52(46-90(53)3)82-73(106)66-86-57(48-95(66)8)84-62(99)14-17-77-68(101)54-42-51(45-91(54)4)81-72(105)63-75-19-21-89(63)2/h19,21,41-49H,9-18,20,22-40H2,1-8H3,(H,74,96)(H,76,100)(H,77,101)(H,78,104)(H,79,103)(H,80,98)(H,81,105)(H,82,106)(H,83,97)(H,84,99)(H,88,102). The maximum absolute atomic E-state index is 13.3. The molecule has 116 heavy (non-hydrogen) atoms. The van der Waals surface area contributed by atoms with Crippen molar-refractivity contribution < 1.29 is 100 Å². The number of ether oxygens (including phenoxy) is 10. The number of nitrogens with zero attached hydrogens (tertiary/aromatic N) is 11. The molecule has 0 radical (unpaired) electrons. The Morgan fingerprint density at radius 3 is 1.03 bits per heavy atom. The van der Waals surface area contributed by atoms with E-state index >= 15 is 0 Å². The third-order valence-electron chi connectivity index (χ3n) is 16.5. The van der Waals surface area contributed by atoms with Crippen molar-refractivity contribution in [1.82, 2.24) is 78.5 Å². The van der Waals surface area contributed by atoms with Crippen LogP contribution in [0.4, 0.5) is 34.5 Å². The molecule has 0 saturated carbocycles. The molecule has 0 aromatic carbocycles. The van der Waals surface area contributed by atoms with Crippen LogP contribution in [0.3, 0.4) is 0 Å². The lowest BCUT2D eigenvalue weighted by Crippen LogP contribution is -2.33. The zero-order chi connectivity index (χ0) is 83.6. The molecule has 43 nitrogen and oxygen atoms in total. The SMILES string of the molecule is CCOCCOCCOCCOCCOCCOCCOCCOCCOCCOCCNC(=O)CCNC(=O)c1nc(NC(=O)c2cc(NC(=O)CCNC(=O)c3nc(NC(=O)CCCNC(=O)c4cc(NC(=O)c5nc(NC(=O)CCNC(=O)c6cc(NC(=O)c7nccn7C)cn6C)cn5C)cn4C)cn3C)cn2C)cn1C. The van der Waals surface area contributed by atoms with Crippen molar-refractivity contribution in [2.24, 2.45) is 49.3 Å². The van der Waals surface area contributed by atoms with Crippen LogP contribution in [0.15, 0.2) is 67.8 Å². The second kappa shape index (κ2) is 49.9. The normalized spacial score (nSPS) is 11.1. The van der Waals surface area contributed by atoms with Gasteiger partial charge in [0.2, 0.25) is 41.1 Å². The monoisotopic (exact) mass is 1630 g/mol. The molecule has 0 bridgehead atoms. The van der Waals surface area contributed by atoms with E-state index in [1.54, 1.807) is 66.3 Å². The first kappa shape index (κ1) is 91.6. The fourth-order valence-electron chi connectivity index (χ4n) is 10.7. The Labute approximate surface area is 668 Å². The number of nitrogens with one attached hydrogen (secondary N) is 11. The van der Waals surface area contributed by atoms with Gasteiger partial charge in [-0.15, -0.1) is 0 Å². The van der Waals surface area contributed by atoms with E-state index in [0.717, 1.165) is 0 Å². The zero-order valence-electron chi connectivity index (χ0n) is 66.6. The average molecular weight is 1630 g/mol. The Bertz CT molecular complexity index is 4340. The third kappa shape index (κ3) is 32.4. The van der Waals surface area contributed by atoms with Crippen molar-refractivity contribution in [1.29, 1.82) is 0 Å². The molecule has 0 spiro atoms. The summed E-state index contributed by atoms with van der Waals surface area (Å²) in [5.74, 6) is -5.28. The van der Waals surface area contributed by atoms with E-state index in [1.165, 1.54) is 82.8 Å². The Morgan fingerprint density at radius 1 is 0.293 bits per heavy atom. The molecular weight excluding hydrogens is 1520 g/mol. The molecule has 0 atom stereocenters. The molecule has 0 fully saturated rings. The second-order valence-corrected chi connectivity index (χ2v) is 25.7. The van der Waals surface area contributed by atoms with Crippen LogP contribution in [0.5, 0.6) is 0 Å². The first-order valence-electron chi connectivity index (χ1n) is 37.5. The summed E-state index contributed by atoms with van der Waals surface area (Å²) in [4.78, 5) is 159. The topological polar surface area (TPSA) is 498 Å². The van der Waals surface area contributed by atoms with Crippen LogP contribution in [0.25, 0.3) is 0 Å². The van der Waals surface area contributed by atoms with Gasteiger partial charge in [-0.1, -0.05) is 0 Å². The number of hydrogen-bond donors (Lipinski definition) is 11. The van der Waals surface area contributed by atoms with Crippen LogP contribution in [0.2, 0.25) is 0 Å². The summed E-state index contributed by atoms with van der Waals surface area (Å²) in [5, 5.41) is 29.4. The molecule has 0 aliphatic carbocycles. The number of carbonyl (C=O) groups is 11. The van der Waals surface area contributed by atoms with Crippen molar-refractivity contribution in [2.45, 2.75) is 39.0 Å². The molecule has 7 aromatic rings. The molecule has 7 heterocycles. The molecule has 7 aromatic heterocycles. The van der Waals surface area contributed by atoms with Crippen molar-refractivity contribution in [3.05, 3.63) is 108 Å². The minimum absolute atomic E-state index is 0.01000. The number of carbonyl (C=O) groups excluding carboxylic acids is 11. The molecular formula is C73H106N22O21. The highest BCUT2D eigenvalue weighted by atomic mass is 16.6. The quantitative estimate of drug-likeness (QED) is 0.0231. The van der Waals surface area contributed by atoms with E-state index in [2.05, 4.69) is 78.4 Å². The Hall–Kier alpha value is -11.6. The number of anilines is 6. The predicted molar refractivity (Wildman–Crippen MR) is 418 cm³/mol. The summed E-state index contributed by atoms with van der Waals surface area (Å²) in [6.07, 6.45) is 11.9. The lowest BCUT2D eigenvalue weighted by Gasteiger charge is -2.09. The van der Waals surface area contributed by atoms with E-state index in [0.29, 0.717) is 131 Å². The van der Waals surface area contributed by atoms with Gasteiger partial charge in [-0.3, -0.25) is 52.7 Å². The van der Waals surface area contributed by atoms with Gasteiger partial charge in [0.15, 0.2) is 23.3 Å². The van der Waals surface area contributed by atoms with Gasteiger partial charge in [-0.25, -0.2) is 19.9 Å². The minimum Gasteiger partial charge on any atom is -0.379 e. The van der Waals surface area contributed by atoms with Crippen molar-refractivity contribution >= 4 is 99.5 Å². The highest BCUT2D eigenvalue weighted by Gasteiger charge is 2.24. The van der Waals surface area contributed by atoms with Gasteiger partial charge < -0.3 is 138 Å². The Kier molecular flexibility index (Phi) is 39.4. The maximum Gasteiger partial charge on any atom is 0.291 e. The average Bonchev–Trinajstić information content (AvgIpc) is 1.55. The summed E-state index contributed by atoms with van der Waals surface area (Å²) in [7, 11) is 11.2. The largest absolute Gasteiger partial charge is 0.379 e. The molecule has 634 valence electrons. The molecule has 0 unspecified atom stereocenters. The molecule has 7 rings (SSSR count). The van der Waals surface area contributed by atoms with Crippen LogP contribution in [-0.4, -0.2) is 282 Å². The van der Waals surface area contributed by atoms with Gasteiger partial charge in [-0.05, 0) is 31.5 Å². The van der Waals surface area contributed by atoms with E-state index in [1.807, 2.05) is 6.92 Å². The van der Waals surface area contributed by atoms with Gasteiger partial charge in [0.1, 0.15) is 17.1 Å². The first-order chi connectivity index (χ1) is 56.0. The molecule has 11 N–H and O–H groups in total. The van der Waals surface area contributed by atoms with E-state index in [4.69, 9.17) is 47.4 Å². The fourth-order valence-corrected chi connectivity index (χ4v) is 10.7. The van der Waals surface area contributed by atoms with Gasteiger partial charge in [-0.2, -0.15) is 0 Å². The van der Waals surface area contributed by atoms with E-state index in [-0.39, 0.29) is 147 Å². The predicted octanol–water partition coefficient (Wildman–Crippen LogP) is 0.481. The van der Waals surface area contributed by atoms with Crippen LogP contribution in [0.1, 0.15) is 113 Å². The molecule has 43 heteroatoms. The Morgan fingerprint density at radius 2 is 0.621 bits per heavy atom. The van der Waals surface area contributed by atoms with Crippen LogP contribution in [0, 0.1) is 0 Å². The zero-order valence-corrected chi connectivity index (χ0v) is 66.6. The minimum atomic E-state index is -0.639. The lowest BCUT2D eigenvalue weighted by atomic mass is 10.3. The van der Waals surface area contributed by atoms with Crippen molar-refractivity contribution in [3.63, 3.8) is 0 Å².